The predicted molar refractivity (Wildman–Crippen MR) is 109 cm³/mol. The molecule has 0 aromatic heterocycles. The number of nitrogens with one attached hydrogen (secondary N) is 1. The van der Waals surface area contributed by atoms with E-state index in [1.807, 2.05) is 25.1 Å². The van der Waals surface area contributed by atoms with Gasteiger partial charge in [0, 0.05) is 21.9 Å². The first-order valence-corrected chi connectivity index (χ1v) is 10.2. The van der Waals surface area contributed by atoms with Crippen LogP contribution >= 0.6 is 23.5 Å². The topological polar surface area (TPSA) is 67.5 Å². The monoisotopic (exact) mass is 407 g/mol. The predicted octanol–water partition coefficient (Wildman–Crippen LogP) is 4.92. The highest BCUT2D eigenvalue weighted by Crippen LogP contribution is 2.36. The molecule has 27 heavy (non-hydrogen) atoms. The molecule has 0 saturated carbocycles. The zero-order valence-electron chi connectivity index (χ0n) is 14.6. The number of nitrogens with two attached hydrogens (primary N) is 1. The van der Waals surface area contributed by atoms with Gasteiger partial charge in [0.05, 0.1) is 5.54 Å². The number of amidine groups is 1. The number of alkyl halides is 2. The maximum absolute atomic E-state index is 12.5. The number of thioether (sulfide) groups is 2. The second-order valence-corrected chi connectivity index (χ2v) is 8.44. The largest absolute Gasteiger partial charge is 0.379 e. The van der Waals surface area contributed by atoms with Crippen LogP contribution in [-0.4, -0.2) is 22.6 Å². The summed E-state index contributed by atoms with van der Waals surface area (Å²) in [6.45, 7) is 2.02. The molecule has 2 aromatic rings. The van der Waals surface area contributed by atoms with E-state index in [4.69, 9.17) is 5.73 Å². The van der Waals surface area contributed by atoms with Crippen molar-refractivity contribution in [2.24, 2.45) is 10.7 Å². The third kappa shape index (κ3) is 5.01. The first kappa shape index (κ1) is 19.7. The summed E-state index contributed by atoms with van der Waals surface area (Å²) in [5.41, 5.74) is 7.37. The minimum Gasteiger partial charge on any atom is -0.379 e. The Bertz CT molecular complexity index is 876. The van der Waals surface area contributed by atoms with Crippen molar-refractivity contribution >= 4 is 40.3 Å². The Morgan fingerprint density at radius 3 is 2.81 bits per heavy atom. The number of rotatable bonds is 5. The Morgan fingerprint density at radius 2 is 2.07 bits per heavy atom. The molecule has 1 heterocycles. The van der Waals surface area contributed by atoms with Gasteiger partial charge in [-0.1, -0.05) is 41.7 Å². The lowest BCUT2D eigenvalue weighted by molar-refractivity contribution is 0.102. The van der Waals surface area contributed by atoms with Crippen molar-refractivity contribution in [3.05, 3.63) is 59.7 Å². The molecule has 3 N–H and O–H groups in total. The highest BCUT2D eigenvalue weighted by Gasteiger charge is 2.29. The molecule has 0 fully saturated rings. The van der Waals surface area contributed by atoms with Crippen LogP contribution in [0, 0.1) is 0 Å². The minimum atomic E-state index is -2.53. The lowest BCUT2D eigenvalue weighted by Gasteiger charge is -2.30. The number of aliphatic imine (C=N–C) groups is 1. The van der Waals surface area contributed by atoms with E-state index in [-0.39, 0.29) is 5.91 Å². The number of amides is 1. The molecule has 3 rings (SSSR count). The molecule has 142 valence electrons. The van der Waals surface area contributed by atoms with E-state index in [9.17, 15) is 13.6 Å². The molecule has 1 amide bonds. The van der Waals surface area contributed by atoms with Gasteiger partial charge < -0.3 is 11.1 Å². The minimum absolute atomic E-state index is 0.327. The summed E-state index contributed by atoms with van der Waals surface area (Å²) in [5.74, 6) is -1.99. The van der Waals surface area contributed by atoms with Crippen LogP contribution in [0.1, 0.15) is 29.3 Å². The number of carbonyl (C=O) groups excluding carboxylic acids is 1. The molecule has 1 atom stereocenters. The molecule has 8 heteroatoms. The van der Waals surface area contributed by atoms with Gasteiger partial charge in [0.1, 0.15) is 0 Å². The number of nitrogens with zero attached hydrogens (tertiary/aromatic N) is 1. The van der Waals surface area contributed by atoms with Crippen molar-refractivity contribution in [3.8, 4) is 0 Å². The highest BCUT2D eigenvalue weighted by atomic mass is 32.2. The summed E-state index contributed by atoms with van der Waals surface area (Å²) in [6, 6.07) is 13.7. The van der Waals surface area contributed by atoms with Crippen molar-refractivity contribution in [2.45, 2.75) is 29.5 Å². The Labute approximate surface area is 165 Å². The zero-order chi connectivity index (χ0) is 19.4. The summed E-state index contributed by atoms with van der Waals surface area (Å²) >= 11 is 1.95. The van der Waals surface area contributed by atoms with E-state index < -0.39 is 11.3 Å². The molecule has 4 nitrogen and oxygen atoms in total. The number of hydrogen-bond donors (Lipinski definition) is 2. The fourth-order valence-electron chi connectivity index (χ4n) is 2.84. The fraction of sp³-hybridized carbons (Fsp3) is 0.263. The van der Waals surface area contributed by atoms with E-state index in [0.717, 1.165) is 17.7 Å². The van der Waals surface area contributed by atoms with Crippen LogP contribution in [0.25, 0.3) is 0 Å². The summed E-state index contributed by atoms with van der Waals surface area (Å²) < 4.78 is 25.1. The normalized spacial score (nSPS) is 19.6. The number of anilines is 1. The average Bonchev–Trinajstić information content (AvgIpc) is 2.61. The molecule has 1 unspecified atom stereocenters. The Kier molecular flexibility index (Phi) is 6.06. The van der Waals surface area contributed by atoms with Gasteiger partial charge in [-0.25, -0.2) is 0 Å². The molecule has 0 bridgehead atoms. The molecule has 0 spiro atoms. The number of carbonyl (C=O) groups is 1. The molecular weight excluding hydrogens is 388 g/mol. The summed E-state index contributed by atoms with van der Waals surface area (Å²) in [7, 11) is 0. The Balaban J connectivity index is 1.78. The third-order valence-corrected chi connectivity index (χ3v) is 5.76. The summed E-state index contributed by atoms with van der Waals surface area (Å²) in [5, 5.41) is 3.39. The third-order valence-electron chi connectivity index (χ3n) is 4.26. The van der Waals surface area contributed by atoms with Gasteiger partial charge in [0.2, 0.25) is 0 Å². The quantitative estimate of drug-likeness (QED) is 0.691. The molecule has 0 saturated heterocycles. The smallest absolute Gasteiger partial charge is 0.288 e. The number of hydrogen-bond acceptors (Lipinski definition) is 5. The summed E-state index contributed by atoms with van der Waals surface area (Å²) in [6.07, 6.45) is 0.850. The van der Waals surface area contributed by atoms with E-state index in [1.54, 1.807) is 24.3 Å². The van der Waals surface area contributed by atoms with Crippen molar-refractivity contribution in [2.75, 3.05) is 11.1 Å². The van der Waals surface area contributed by atoms with Gasteiger partial charge in [-0.05, 0) is 49.2 Å². The van der Waals surface area contributed by atoms with Crippen LogP contribution in [-0.2, 0) is 5.54 Å². The van der Waals surface area contributed by atoms with Crippen LogP contribution in [0.15, 0.2) is 58.4 Å². The Hall–Kier alpha value is -2.06. The summed E-state index contributed by atoms with van der Waals surface area (Å²) in [4.78, 5) is 17.4. The first-order valence-electron chi connectivity index (χ1n) is 8.31. The maximum Gasteiger partial charge on any atom is 0.288 e. The lowest BCUT2D eigenvalue weighted by Crippen LogP contribution is -2.28. The molecular formula is C19H19F2N3OS2. The van der Waals surface area contributed by atoms with E-state index >= 15 is 0 Å². The van der Waals surface area contributed by atoms with E-state index in [1.165, 1.54) is 17.8 Å². The number of halogens is 2. The van der Waals surface area contributed by atoms with Crippen LogP contribution in [0.4, 0.5) is 14.5 Å². The van der Waals surface area contributed by atoms with E-state index in [0.29, 0.717) is 33.1 Å². The van der Waals surface area contributed by atoms with Crippen molar-refractivity contribution in [1.82, 2.24) is 0 Å². The molecule has 2 aromatic carbocycles. The van der Waals surface area contributed by atoms with Gasteiger partial charge >= 0.3 is 0 Å². The fourth-order valence-corrected chi connectivity index (χ4v) is 4.38. The van der Waals surface area contributed by atoms with Gasteiger partial charge in [-0.2, -0.15) is 8.78 Å². The van der Waals surface area contributed by atoms with Crippen molar-refractivity contribution in [1.29, 1.82) is 0 Å². The second kappa shape index (κ2) is 8.31. The first-order chi connectivity index (χ1) is 12.9. The average molecular weight is 408 g/mol. The maximum atomic E-state index is 12.5. The standard InChI is InChI=1S/C19H19F2N3OS2/c1-19(8-9-26-18(22)24-19)13-5-3-6-14(11-13)23-16(25)12-4-2-7-15(10-12)27-17(20)21/h2-7,10-11,17H,8-9H2,1H3,(H2,22,24)(H,23,25). The van der Waals surface area contributed by atoms with Gasteiger partial charge in [0.15, 0.2) is 5.17 Å². The van der Waals surface area contributed by atoms with Crippen molar-refractivity contribution in [3.63, 3.8) is 0 Å². The van der Waals surface area contributed by atoms with Gasteiger partial charge in [0.25, 0.3) is 11.7 Å². The second-order valence-electron chi connectivity index (χ2n) is 6.26. The van der Waals surface area contributed by atoms with Crippen LogP contribution in [0.2, 0.25) is 0 Å². The van der Waals surface area contributed by atoms with Crippen LogP contribution in [0.5, 0.6) is 0 Å². The molecule has 1 aliphatic rings. The molecule has 1 aliphatic heterocycles. The van der Waals surface area contributed by atoms with Crippen LogP contribution in [0.3, 0.4) is 0 Å². The molecule has 0 radical (unpaired) electrons. The zero-order valence-corrected chi connectivity index (χ0v) is 16.2. The van der Waals surface area contributed by atoms with E-state index in [2.05, 4.69) is 10.3 Å². The van der Waals surface area contributed by atoms with Gasteiger partial charge in [-0.3, -0.25) is 9.79 Å². The SMILES string of the molecule is CC1(c2cccc(NC(=O)c3cccc(SC(F)F)c3)c2)CCSC(N)=N1. The van der Waals surface area contributed by atoms with Crippen LogP contribution < -0.4 is 11.1 Å². The lowest BCUT2D eigenvalue weighted by atomic mass is 9.89. The number of benzene rings is 2. The van der Waals surface area contributed by atoms with Crippen molar-refractivity contribution < 1.29 is 13.6 Å². The highest BCUT2D eigenvalue weighted by molar-refractivity contribution is 8.13. The van der Waals surface area contributed by atoms with Gasteiger partial charge in [-0.15, -0.1) is 0 Å². The molecule has 0 aliphatic carbocycles. The Morgan fingerprint density at radius 1 is 1.30 bits per heavy atom.